The third-order valence-corrected chi connectivity index (χ3v) is 6.08. The minimum absolute atomic E-state index is 0.00726. The second-order valence-corrected chi connectivity index (χ2v) is 7.68. The highest BCUT2D eigenvalue weighted by atomic mass is 16.2. The fourth-order valence-electron chi connectivity index (χ4n) is 4.89. The van der Waals surface area contributed by atoms with Gasteiger partial charge in [0.15, 0.2) is 0 Å². The third kappa shape index (κ3) is 2.54. The van der Waals surface area contributed by atoms with Gasteiger partial charge in [-0.05, 0) is 42.9 Å². The molecule has 0 spiro atoms. The van der Waals surface area contributed by atoms with E-state index in [0.29, 0.717) is 6.54 Å². The van der Waals surface area contributed by atoms with Gasteiger partial charge in [0.1, 0.15) is 0 Å². The predicted molar refractivity (Wildman–Crippen MR) is 114 cm³/mol. The van der Waals surface area contributed by atoms with Crippen LogP contribution in [0.15, 0.2) is 78.4 Å². The van der Waals surface area contributed by atoms with Crippen LogP contribution in [0.4, 0.5) is 0 Å². The maximum Gasteiger partial charge on any atom is 0.250 e. The van der Waals surface area contributed by atoms with E-state index in [4.69, 9.17) is 0 Å². The molecule has 1 N–H and O–H groups in total. The van der Waals surface area contributed by atoms with Crippen molar-refractivity contribution in [2.45, 2.75) is 31.7 Å². The summed E-state index contributed by atoms with van der Waals surface area (Å²) >= 11 is 0. The second-order valence-electron chi connectivity index (χ2n) is 7.68. The van der Waals surface area contributed by atoms with Crippen LogP contribution in [0.1, 0.15) is 37.3 Å². The molecule has 28 heavy (non-hydrogen) atoms. The van der Waals surface area contributed by atoms with Gasteiger partial charge < -0.3 is 9.88 Å². The van der Waals surface area contributed by atoms with Crippen molar-refractivity contribution in [2.24, 2.45) is 0 Å². The number of H-pyrrole nitrogens is 1. The van der Waals surface area contributed by atoms with E-state index in [1.54, 1.807) is 0 Å². The van der Waals surface area contributed by atoms with Gasteiger partial charge in [0, 0.05) is 28.6 Å². The van der Waals surface area contributed by atoms with E-state index in [1.165, 1.54) is 16.5 Å². The van der Waals surface area contributed by atoms with E-state index in [-0.39, 0.29) is 11.9 Å². The summed E-state index contributed by atoms with van der Waals surface area (Å²) < 4.78 is 0. The summed E-state index contributed by atoms with van der Waals surface area (Å²) in [5, 5.41) is 1.20. The van der Waals surface area contributed by atoms with Gasteiger partial charge >= 0.3 is 0 Å². The Morgan fingerprint density at radius 3 is 2.61 bits per heavy atom. The molecule has 0 saturated heterocycles. The summed E-state index contributed by atoms with van der Waals surface area (Å²) in [5.74, 6) is 0.198. The summed E-state index contributed by atoms with van der Waals surface area (Å²) in [4.78, 5) is 18.9. The van der Waals surface area contributed by atoms with E-state index < -0.39 is 0 Å². The molecule has 1 atom stereocenters. The van der Waals surface area contributed by atoms with Gasteiger partial charge in [0.2, 0.25) is 0 Å². The number of amides is 1. The number of benzene rings is 2. The lowest BCUT2D eigenvalue weighted by molar-refractivity contribution is -0.126. The number of fused-ring (bicyclic) bond motifs is 1. The zero-order chi connectivity index (χ0) is 19.1. The first-order valence-electron chi connectivity index (χ1n) is 10.1. The Kier molecular flexibility index (Phi) is 4.16. The Balaban J connectivity index is 1.78. The quantitative estimate of drug-likeness (QED) is 0.583. The maximum absolute atomic E-state index is 13.2. The number of carbonyl (C=O) groups excluding carboxylic acids is 1. The standard InChI is InChI=1S/C25H24N2O/c1-2-16-27-24(18-12-6-7-13-19(18)25(27)28)22-20-14-8-9-15-21(20)26-23(22)17-10-4-3-5-11-17/h2-5,8-11,14-15,24,26H,1,6-7,12-13,16H2/t24-/m1/s1. The number of aromatic nitrogens is 1. The lowest BCUT2D eigenvalue weighted by Gasteiger charge is -2.27. The zero-order valence-corrected chi connectivity index (χ0v) is 15.9. The monoisotopic (exact) mass is 368 g/mol. The van der Waals surface area contributed by atoms with Crippen molar-refractivity contribution in [3.05, 3.63) is 84.0 Å². The normalized spacial score (nSPS) is 19.4. The molecule has 3 heteroatoms. The highest BCUT2D eigenvalue weighted by Crippen LogP contribution is 2.48. The predicted octanol–water partition coefficient (Wildman–Crippen LogP) is 5.77. The Hall–Kier alpha value is -3.07. The minimum Gasteiger partial charge on any atom is -0.354 e. The summed E-state index contributed by atoms with van der Waals surface area (Å²) in [6.45, 7) is 4.49. The molecule has 1 aliphatic heterocycles. The minimum atomic E-state index is -0.00726. The van der Waals surface area contributed by atoms with E-state index in [2.05, 4.69) is 60.1 Å². The molecule has 3 nitrogen and oxygen atoms in total. The number of carbonyl (C=O) groups is 1. The van der Waals surface area contributed by atoms with E-state index in [9.17, 15) is 4.79 Å². The van der Waals surface area contributed by atoms with Gasteiger partial charge in [-0.3, -0.25) is 4.79 Å². The van der Waals surface area contributed by atoms with Crippen molar-refractivity contribution >= 4 is 16.8 Å². The Labute approximate surface area is 165 Å². The number of nitrogens with one attached hydrogen (secondary N) is 1. The number of aromatic amines is 1. The van der Waals surface area contributed by atoms with Crippen LogP contribution in [0, 0.1) is 0 Å². The van der Waals surface area contributed by atoms with Crippen LogP contribution in [0.3, 0.4) is 0 Å². The molecule has 1 aromatic heterocycles. The smallest absolute Gasteiger partial charge is 0.250 e. The zero-order valence-electron chi connectivity index (χ0n) is 15.9. The molecule has 0 saturated carbocycles. The second kappa shape index (κ2) is 6.83. The van der Waals surface area contributed by atoms with Crippen LogP contribution in [-0.4, -0.2) is 22.3 Å². The van der Waals surface area contributed by atoms with Gasteiger partial charge in [-0.25, -0.2) is 0 Å². The van der Waals surface area contributed by atoms with Crippen LogP contribution in [-0.2, 0) is 4.79 Å². The van der Waals surface area contributed by atoms with E-state index in [0.717, 1.165) is 48.0 Å². The number of nitrogens with zero attached hydrogens (tertiary/aromatic N) is 1. The number of rotatable bonds is 4. The Morgan fingerprint density at radius 1 is 1.04 bits per heavy atom. The van der Waals surface area contributed by atoms with Crippen molar-refractivity contribution in [1.29, 1.82) is 0 Å². The van der Waals surface area contributed by atoms with Crippen molar-refractivity contribution < 1.29 is 4.79 Å². The lowest BCUT2D eigenvalue weighted by Crippen LogP contribution is -2.30. The van der Waals surface area contributed by atoms with Gasteiger partial charge in [0.05, 0.1) is 11.7 Å². The number of para-hydroxylation sites is 1. The SMILES string of the molecule is C=CCN1C(=O)C2=C(CCCC2)[C@@H]1c1c(-c2ccccc2)[nH]c2ccccc12. The number of hydrogen-bond acceptors (Lipinski definition) is 1. The molecule has 2 heterocycles. The van der Waals surface area contributed by atoms with Crippen LogP contribution >= 0.6 is 0 Å². The van der Waals surface area contributed by atoms with Crippen LogP contribution < -0.4 is 0 Å². The maximum atomic E-state index is 13.2. The molecule has 1 aliphatic carbocycles. The molecule has 5 rings (SSSR count). The van der Waals surface area contributed by atoms with Crippen molar-refractivity contribution in [3.63, 3.8) is 0 Å². The molecule has 1 amide bonds. The summed E-state index contributed by atoms with van der Waals surface area (Å²) in [6, 6.07) is 18.9. The topological polar surface area (TPSA) is 36.1 Å². The molecule has 2 aromatic carbocycles. The summed E-state index contributed by atoms with van der Waals surface area (Å²) in [7, 11) is 0. The largest absolute Gasteiger partial charge is 0.354 e. The summed E-state index contributed by atoms with van der Waals surface area (Å²) in [6.07, 6.45) is 6.03. The molecule has 0 unspecified atom stereocenters. The first-order valence-corrected chi connectivity index (χ1v) is 10.1. The van der Waals surface area contributed by atoms with Crippen molar-refractivity contribution in [3.8, 4) is 11.3 Å². The Morgan fingerprint density at radius 2 is 1.79 bits per heavy atom. The van der Waals surface area contributed by atoms with Crippen LogP contribution in [0.25, 0.3) is 22.2 Å². The Bertz CT molecular complexity index is 1090. The van der Waals surface area contributed by atoms with E-state index >= 15 is 0 Å². The fraction of sp³-hybridized carbons (Fsp3) is 0.240. The molecular formula is C25H24N2O. The van der Waals surface area contributed by atoms with Gasteiger partial charge in [-0.1, -0.05) is 54.6 Å². The first-order chi connectivity index (χ1) is 13.8. The van der Waals surface area contributed by atoms with Crippen molar-refractivity contribution in [2.75, 3.05) is 6.54 Å². The highest BCUT2D eigenvalue weighted by molar-refractivity contribution is 6.00. The average molecular weight is 368 g/mol. The molecule has 3 aromatic rings. The lowest BCUT2D eigenvalue weighted by atomic mass is 9.86. The molecule has 2 aliphatic rings. The van der Waals surface area contributed by atoms with Crippen LogP contribution in [0.5, 0.6) is 0 Å². The van der Waals surface area contributed by atoms with Gasteiger partial charge in [0.25, 0.3) is 5.91 Å². The van der Waals surface area contributed by atoms with Crippen LogP contribution in [0.2, 0.25) is 0 Å². The van der Waals surface area contributed by atoms with E-state index in [1.807, 2.05) is 17.0 Å². The van der Waals surface area contributed by atoms with Crippen molar-refractivity contribution in [1.82, 2.24) is 9.88 Å². The number of hydrogen-bond donors (Lipinski definition) is 1. The third-order valence-electron chi connectivity index (χ3n) is 6.08. The summed E-state index contributed by atoms with van der Waals surface area (Å²) in [5.41, 5.74) is 6.98. The van der Waals surface area contributed by atoms with Gasteiger partial charge in [-0.15, -0.1) is 6.58 Å². The molecular weight excluding hydrogens is 344 g/mol. The first kappa shape index (κ1) is 17.1. The molecule has 140 valence electrons. The average Bonchev–Trinajstić information content (AvgIpc) is 3.25. The molecule has 0 bridgehead atoms. The molecule has 0 radical (unpaired) electrons. The molecule has 0 fully saturated rings. The van der Waals surface area contributed by atoms with Gasteiger partial charge in [-0.2, -0.15) is 0 Å². The fourth-order valence-corrected chi connectivity index (χ4v) is 4.89. The highest BCUT2D eigenvalue weighted by Gasteiger charge is 2.42.